The van der Waals surface area contributed by atoms with Gasteiger partial charge in [-0.3, -0.25) is 0 Å². The van der Waals surface area contributed by atoms with Gasteiger partial charge < -0.3 is 10.5 Å². The lowest BCUT2D eigenvalue weighted by molar-refractivity contribution is 0.327. The summed E-state index contributed by atoms with van der Waals surface area (Å²) in [5.41, 5.74) is 7.10. The van der Waals surface area contributed by atoms with E-state index in [-0.39, 0.29) is 5.95 Å². The van der Waals surface area contributed by atoms with Crippen LogP contribution in [0.4, 0.5) is 5.95 Å². The molecule has 88 valence electrons. The van der Waals surface area contributed by atoms with Gasteiger partial charge in [-0.2, -0.15) is 4.98 Å². The highest BCUT2D eigenvalue weighted by atomic mass is 35.5. The van der Waals surface area contributed by atoms with Gasteiger partial charge in [0.05, 0.1) is 12.3 Å². The molecule has 0 spiro atoms. The van der Waals surface area contributed by atoms with Crippen molar-refractivity contribution in [2.45, 2.75) is 6.92 Å². The van der Waals surface area contributed by atoms with Gasteiger partial charge in [-0.05, 0) is 13.0 Å². The van der Waals surface area contributed by atoms with Gasteiger partial charge >= 0.3 is 0 Å². The number of benzene rings is 1. The van der Waals surface area contributed by atoms with Crippen molar-refractivity contribution in [2.75, 3.05) is 12.3 Å². The van der Waals surface area contributed by atoms with Crippen molar-refractivity contribution in [1.29, 1.82) is 0 Å². The Morgan fingerprint density at radius 3 is 2.76 bits per heavy atom. The predicted octanol–water partition coefficient (Wildman–Crippen LogP) is 2.78. The number of halogens is 1. The van der Waals surface area contributed by atoms with Gasteiger partial charge in [-0.25, -0.2) is 4.98 Å². The highest BCUT2D eigenvalue weighted by Crippen LogP contribution is 2.28. The third kappa shape index (κ3) is 2.65. The molecule has 2 rings (SSSR count). The van der Waals surface area contributed by atoms with Gasteiger partial charge in [-0.1, -0.05) is 29.8 Å². The average Bonchev–Trinajstić information content (AvgIpc) is 2.29. The van der Waals surface area contributed by atoms with E-state index in [0.29, 0.717) is 23.2 Å². The molecule has 4 nitrogen and oxygen atoms in total. The lowest BCUT2D eigenvalue weighted by Crippen LogP contribution is -2.01. The van der Waals surface area contributed by atoms with Crippen molar-refractivity contribution in [3.8, 4) is 17.1 Å². The lowest BCUT2D eigenvalue weighted by Gasteiger charge is -2.07. The minimum Gasteiger partial charge on any atom is -0.478 e. The van der Waals surface area contributed by atoms with E-state index in [0.717, 1.165) is 5.56 Å². The maximum Gasteiger partial charge on any atom is 0.223 e. The predicted molar refractivity (Wildman–Crippen MR) is 68.1 cm³/mol. The summed E-state index contributed by atoms with van der Waals surface area (Å²) in [5.74, 6) is 0.626. The molecule has 0 radical (unpaired) electrons. The summed E-state index contributed by atoms with van der Waals surface area (Å²) < 4.78 is 5.31. The second-order valence-electron chi connectivity index (χ2n) is 3.36. The lowest BCUT2D eigenvalue weighted by atomic mass is 10.1. The second kappa shape index (κ2) is 5.01. The molecule has 0 aliphatic heterocycles. The molecule has 0 saturated carbocycles. The highest BCUT2D eigenvalue weighted by molar-refractivity contribution is 6.33. The summed E-state index contributed by atoms with van der Waals surface area (Å²) in [4.78, 5) is 8.13. The van der Waals surface area contributed by atoms with Crippen molar-refractivity contribution in [3.63, 3.8) is 0 Å². The summed E-state index contributed by atoms with van der Waals surface area (Å²) in [6.07, 6.45) is 0. The first-order valence-corrected chi connectivity index (χ1v) is 5.60. The van der Waals surface area contributed by atoms with Gasteiger partial charge in [0.1, 0.15) is 0 Å². The number of nitrogen functional groups attached to an aromatic ring is 1. The molecule has 1 aromatic heterocycles. The molecule has 1 heterocycles. The van der Waals surface area contributed by atoms with Gasteiger partial charge in [0.15, 0.2) is 0 Å². The number of hydrogen-bond donors (Lipinski definition) is 1. The minimum absolute atomic E-state index is 0.172. The standard InChI is InChI=1S/C12H12ClN3O/c1-2-17-11-7-10(15-12(14)16-11)8-5-3-4-6-9(8)13/h3-7H,2H2,1H3,(H2,14,15,16). The summed E-state index contributed by atoms with van der Waals surface area (Å²) >= 11 is 6.10. The van der Waals surface area contributed by atoms with E-state index in [1.807, 2.05) is 25.1 Å². The summed E-state index contributed by atoms with van der Waals surface area (Å²) in [6.45, 7) is 2.41. The number of rotatable bonds is 3. The third-order valence-electron chi connectivity index (χ3n) is 2.16. The molecule has 2 N–H and O–H groups in total. The minimum atomic E-state index is 0.172. The van der Waals surface area contributed by atoms with Crippen LogP contribution in [-0.2, 0) is 0 Å². The van der Waals surface area contributed by atoms with E-state index in [1.54, 1.807) is 12.1 Å². The normalized spacial score (nSPS) is 10.2. The fourth-order valence-electron chi connectivity index (χ4n) is 1.47. The Kier molecular flexibility index (Phi) is 3.44. The topological polar surface area (TPSA) is 61.0 Å². The van der Waals surface area contributed by atoms with Crippen LogP contribution in [0.1, 0.15) is 6.92 Å². The Morgan fingerprint density at radius 2 is 2.06 bits per heavy atom. The van der Waals surface area contributed by atoms with Gasteiger partial charge in [-0.15, -0.1) is 0 Å². The summed E-state index contributed by atoms with van der Waals surface area (Å²) in [7, 11) is 0. The van der Waals surface area contributed by atoms with Crippen molar-refractivity contribution in [2.24, 2.45) is 0 Å². The molecule has 17 heavy (non-hydrogen) atoms. The van der Waals surface area contributed by atoms with E-state index in [1.165, 1.54) is 0 Å². The largest absolute Gasteiger partial charge is 0.478 e. The van der Waals surface area contributed by atoms with E-state index < -0.39 is 0 Å². The highest BCUT2D eigenvalue weighted by Gasteiger charge is 2.08. The van der Waals surface area contributed by atoms with Crippen LogP contribution in [0.2, 0.25) is 5.02 Å². The first kappa shape index (κ1) is 11.7. The number of anilines is 1. The molecule has 5 heteroatoms. The molecule has 0 unspecified atom stereocenters. The first-order chi connectivity index (χ1) is 8.20. The average molecular weight is 250 g/mol. The summed E-state index contributed by atoms with van der Waals surface area (Å²) in [6, 6.07) is 9.15. The molecule has 0 atom stereocenters. The number of ether oxygens (including phenoxy) is 1. The Morgan fingerprint density at radius 1 is 1.29 bits per heavy atom. The Bertz CT molecular complexity index is 531. The monoisotopic (exact) mass is 249 g/mol. The molecule has 0 bridgehead atoms. The zero-order valence-electron chi connectivity index (χ0n) is 9.35. The van der Waals surface area contributed by atoms with E-state index >= 15 is 0 Å². The van der Waals surface area contributed by atoms with Crippen LogP contribution in [0.3, 0.4) is 0 Å². The van der Waals surface area contributed by atoms with Gasteiger partial charge in [0.2, 0.25) is 11.8 Å². The Labute approximate surface area is 104 Å². The van der Waals surface area contributed by atoms with Crippen LogP contribution in [-0.4, -0.2) is 16.6 Å². The molecular formula is C12H12ClN3O. The van der Waals surface area contributed by atoms with Crippen molar-refractivity contribution in [3.05, 3.63) is 35.4 Å². The number of aromatic nitrogens is 2. The fourth-order valence-corrected chi connectivity index (χ4v) is 1.70. The van der Waals surface area contributed by atoms with E-state index in [4.69, 9.17) is 22.1 Å². The number of nitrogens with zero attached hydrogens (tertiary/aromatic N) is 2. The van der Waals surface area contributed by atoms with Crippen molar-refractivity contribution >= 4 is 17.5 Å². The van der Waals surface area contributed by atoms with Crippen LogP contribution >= 0.6 is 11.6 Å². The van der Waals surface area contributed by atoms with Gasteiger partial charge in [0, 0.05) is 16.7 Å². The molecule has 0 aliphatic carbocycles. The third-order valence-corrected chi connectivity index (χ3v) is 2.49. The molecule has 0 fully saturated rings. The maximum atomic E-state index is 6.10. The zero-order chi connectivity index (χ0) is 12.3. The van der Waals surface area contributed by atoms with Crippen LogP contribution in [0.5, 0.6) is 5.88 Å². The SMILES string of the molecule is CCOc1cc(-c2ccccc2Cl)nc(N)n1. The van der Waals surface area contributed by atoms with E-state index in [9.17, 15) is 0 Å². The van der Waals surface area contributed by atoms with Gasteiger partial charge in [0.25, 0.3) is 0 Å². The van der Waals surface area contributed by atoms with Crippen molar-refractivity contribution in [1.82, 2.24) is 9.97 Å². The Balaban J connectivity index is 2.48. The molecule has 0 amide bonds. The van der Waals surface area contributed by atoms with Crippen LogP contribution in [0, 0.1) is 0 Å². The fraction of sp³-hybridized carbons (Fsp3) is 0.167. The maximum absolute atomic E-state index is 6.10. The first-order valence-electron chi connectivity index (χ1n) is 5.23. The quantitative estimate of drug-likeness (QED) is 0.909. The van der Waals surface area contributed by atoms with E-state index in [2.05, 4.69) is 9.97 Å². The Hall–Kier alpha value is -1.81. The van der Waals surface area contributed by atoms with Crippen LogP contribution in [0.25, 0.3) is 11.3 Å². The second-order valence-corrected chi connectivity index (χ2v) is 3.77. The van der Waals surface area contributed by atoms with Crippen LogP contribution < -0.4 is 10.5 Å². The molecular weight excluding hydrogens is 238 g/mol. The summed E-state index contributed by atoms with van der Waals surface area (Å²) in [5, 5.41) is 0.619. The van der Waals surface area contributed by atoms with Crippen molar-refractivity contribution < 1.29 is 4.74 Å². The number of nitrogens with two attached hydrogens (primary N) is 1. The number of hydrogen-bond acceptors (Lipinski definition) is 4. The molecule has 0 saturated heterocycles. The molecule has 1 aromatic carbocycles. The van der Waals surface area contributed by atoms with Crippen LogP contribution in [0.15, 0.2) is 30.3 Å². The molecule has 2 aromatic rings. The molecule has 0 aliphatic rings. The smallest absolute Gasteiger partial charge is 0.223 e. The zero-order valence-corrected chi connectivity index (χ0v) is 10.1.